The van der Waals surface area contributed by atoms with E-state index >= 15 is 0 Å². The highest BCUT2D eigenvalue weighted by Gasteiger charge is 2.27. The van der Waals surface area contributed by atoms with Crippen LogP contribution in [0.2, 0.25) is 0 Å². The SMILES string of the molecule is COc1cc(-c2cnoc2-c2cc(OC)c3c(c2)OCO3)cc(O[P+](=O)O)c1OC. The minimum Gasteiger partial charge on any atom is -0.493 e. The molecule has 1 aliphatic rings. The first-order chi connectivity index (χ1) is 14.5. The van der Waals surface area contributed by atoms with Gasteiger partial charge in [-0.1, -0.05) is 5.16 Å². The Hall–Kier alpha value is -3.49. The van der Waals surface area contributed by atoms with Crippen LogP contribution in [0.3, 0.4) is 0 Å². The molecule has 0 aliphatic carbocycles. The highest BCUT2D eigenvalue weighted by Crippen LogP contribution is 2.48. The molecule has 0 radical (unpaired) electrons. The first-order valence-electron chi connectivity index (χ1n) is 8.58. The molecule has 11 heteroatoms. The standard InChI is InChI=1S/C19H16NO9P/c1-23-13-4-10(5-16(18(13)25-3)29-30(21)22)12-8-20-28-17(12)11-6-14(24-2)19-15(7-11)26-9-27-19/h4-8H,9H2,1-3H3/p+1. The number of ether oxygens (including phenoxy) is 5. The van der Waals surface area contributed by atoms with Crippen LogP contribution in [0, 0.1) is 0 Å². The predicted octanol–water partition coefficient (Wildman–Crippen LogP) is 3.79. The summed E-state index contributed by atoms with van der Waals surface area (Å²) in [6, 6.07) is 6.69. The molecule has 1 atom stereocenters. The van der Waals surface area contributed by atoms with E-state index in [4.69, 9.17) is 32.7 Å². The van der Waals surface area contributed by atoms with Crippen LogP contribution in [0.25, 0.3) is 22.5 Å². The van der Waals surface area contributed by atoms with Crippen LogP contribution in [0.15, 0.2) is 35.0 Å². The molecule has 3 aromatic rings. The summed E-state index contributed by atoms with van der Waals surface area (Å²) in [4.78, 5) is 9.21. The molecule has 0 saturated heterocycles. The van der Waals surface area contributed by atoms with Gasteiger partial charge in [-0.25, -0.2) is 4.52 Å². The molecule has 1 unspecified atom stereocenters. The second-order valence-corrected chi connectivity index (χ2v) is 6.68. The van der Waals surface area contributed by atoms with E-state index in [-0.39, 0.29) is 18.3 Å². The Morgan fingerprint density at radius 3 is 2.40 bits per heavy atom. The quantitative estimate of drug-likeness (QED) is 0.550. The van der Waals surface area contributed by atoms with Crippen molar-refractivity contribution in [2.24, 2.45) is 0 Å². The first kappa shape index (κ1) is 19.8. The fraction of sp³-hybridized carbons (Fsp3) is 0.211. The molecule has 10 nitrogen and oxygen atoms in total. The third-order valence-electron chi connectivity index (χ3n) is 4.42. The molecule has 0 bridgehead atoms. The summed E-state index contributed by atoms with van der Waals surface area (Å²) in [6.07, 6.45) is 1.51. The number of hydrogen-bond donors (Lipinski definition) is 1. The Bertz CT molecular complexity index is 1110. The van der Waals surface area contributed by atoms with E-state index in [9.17, 15) is 9.46 Å². The maximum atomic E-state index is 11.3. The maximum Gasteiger partial charge on any atom is 0.747 e. The maximum absolute atomic E-state index is 11.3. The van der Waals surface area contributed by atoms with Crippen molar-refractivity contribution in [2.75, 3.05) is 28.1 Å². The summed E-state index contributed by atoms with van der Waals surface area (Å²) in [5, 5.41) is 3.90. The van der Waals surface area contributed by atoms with Crippen LogP contribution in [-0.2, 0) is 4.57 Å². The second kappa shape index (κ2) is 8.10. The van der Waals surface area contributed by atoms with Crippen molar-refractivity contribution in [1.82, 2.24) is 5.16 Å². The Morgan fingerprint density at radius 2 is 1.70 bits per heavy atom. The molecule has 1 aromatic heterocycles. The molecule has 2 heterocycles. The Morgan fingerprint density at radius 1 is 0.967 bits per heavy atom. The van der Waals surface area contributed by atoms with Gasteiger partial charge in [-0.15, -0.1) is 4.89 Å². The first-order valence-corrected chi connectivity index (χ1v) is 9.72. The van der Waals surface area contributed by atoms with Gasteiger partial charge in [-0.3, -0.25) is 0 Å². The third-order valence-corrected chi connectivity index (χ3v) is 4.78. The van der Waals surface area contributed by atoms with Crippen molar-refractivity contribution < 1.29 is 42.2 Å². The lowest BCUT2D eigenvalue weighted by molar-refractivity contribution is 0.171. The Balaban J connectivity index is 1.85. The molecular weight excluding hydrogens is 417 g/mol. The normalized spacial score (nSPS) is 12.5. The van der Waals surface area contributed by atoms with E-state index in [0.29, 0.717) is 45.4 Å². The van der Waals surface area contributed by atoms with Crippen molar-refractivity contribution in [3.63, 3.8) is 0 Å². The zero-order chi connectivity index (χ0) is 21.3. The lowest BCUT2D eigenvalue weighted by Gasteiger charge is -2.12. The van der Waals surface area contributed by atoms with Gasteiger partial charge in [0.25, 0.3) is 0 Å². The van der Waals surface area contributed by atoms with Gasteiger partial charge in [-0.05, 0) is 29.8 Å². The van der Waals surface area contributed by atoms with Crippen LogP contribution in [-0.4, -0.2) is 38.2 Å². The number of benzene rings is 2. The number of hydrogen-bond acceptors (Lipinski definition) is 9. The summed E-state index contributed by atoms with van der Waals surface area (Å²) >= 11 is 0. The van der Waals surface area contributed by atoms with E-state index in [1.54, 1.807) is 18.2 Å². The van der Waals surface area contributed by atoms with Crippen LogP contribution in [0.4, 0.5) is 0 Å². The van der Waals surface area contributed by atoms with Gasteiger partial charge in [0.15, 0.2) is 23.0 Å². The monoisotopic (exact) mass is 434 g/mol. The highest BCUT2D eigenvalue weighted by atomic mass is 31.1. The lowest BCUT2D eigenvalue weighted by atomic mass is 10.0. The molecule has 0 fully saturated rings. The van der Waals surface area contributed by atoms with Crippen molar-refractivity contribution in [3.05, 3.63) is 30.5 Å². The lowest BCUT2D eigenvalue weighted by Crippen LogP contribution is -1.95. The van der Waals surface area contributed by atoms with Crippen molar-refractivity contribution >= 4 is 8.25 Å². The van der Waals surface area contributed by atoms with E-state index in [2.05, 4.69) is 5.16 Å². The van der Waals surface area contributed by atoms with Crippen molar-refractivity contribution in [2.45, 2.75) is 0 Å². The molecule has 30 heavy (non-hydrogen) atoms. The molecule has 2 aromatic carbocycles. The number of rotatable bonds is 7. The van der Waals surface area contributed by atoms with Gasteiger partial charge in [0.1, 0.15) is 0 Å². The minimum absolute atomic E-state index is 0.0332. The molecule has 0 amide bonds. The number of nitrogens with zero attached hydrogens (tertiary/aromatic N) is 1. The van der Waals surface area contributed by atoms with Crippen molar-refractivity contribution in [3.8, 4) is 56.9 Å². The predicted molar refractivity (Wildman–Crippen MR) is 104 cm³/mol. The van der Waals surface area contributed by atoms with Crippen LogP contribution in [0.1, 0.15) is 0 Å². The topological polar surface area (TPSA) is 119 Å². The average Bonchev–Trinajstić information content (AvgIpc) is 3.41. The zero-order valence-corrected chi connectivity index (χ0v) is 17.1. The summed E-state index contributed by atoms with van der Waals surface area (Å²) in [6.45, 7) is 0.0914. The molecular formula is C19H17NO9P+. The van der Waals surface area contributed by atoms with Gasteiger partial charge in [-0.2, -0.15) is 0 Å². The number of methoxy groups -OCH3 is 3. The van der Waals surface area contributed by atoms with E-state index in [0.717, 1.165) is 0 Å². The number of aromatic nitrogens is 1. The average molecular weight is 434 g/mol. The summed E-state index contributed by atoms with van der Waals surface area (Å²) < 4.78 is 48.7. The summed E-state index contributed by atoms with van der Waals surface area (Å²) in [5.41, 5.74) is 1.77. The van der Waals surface area contributed by atoms with Gasteiger partial charge < -0.3 is 28.2 Å². The van der Waals surface area contributed by atoms with Crippen LogP contribution < -0.4 is 28.2 Å². The van der Waals surface area contributed by atoms with E-state index < -0.39 is 8.25 Å². The van der Waals surface area contributed by atoms with Crippen LogP contribution >= 0.6 is 8.25 Å². The fourth-order valence-electron chi connectivity index (χ4n) is 3.15. The Kier molecular flexibility index (Phi) is 5.35. The zero-order valence-electron chi connectivity index (χ0n) is 16.2. The molecule has 156 valence electrons. The molecule has 1 aliphatic heterocycles. The summed E-state index contributed by atoms with van der Waals surface area (Å²) in [5.74, 6) is 2.44. The Labute approximate surface area is 171 Å². The van der Waals surface area contributed by atoms with Crippen LogP contribution in [0.5, 0.6) is 34.5 Å². The van der Waals surface area contributed by atoms with Gasteiger partial charge in [0, 0.05) is 15.7 Å². The highest BCUT2D eigenvalue weighted by molar-refractivity contribution is 7.32. The van der Waals surface area contributed by atoms with Gasteiger partial charge >= 0.3 is 8.25 Å². The van der Waals surface area contributed by atoms with Gasteiger partial charge in [0.2, 0.25) is 24.0 Å². The number of fused-ring (bicyclic) bond motifs is 1. The van der Waals surface area contributed by atoms with Crippen molar-refractivity contribution in [1.29, 1.82) is 0 Å². The van der Waals surface area contributed by atoms with E-state index in [1.807, 2.05) is 0 Å². The van der Waals surface area contributed by atoms with Gasteiger partial charge in [0.05, 0.1) is 27.5 Å². The second-order valence-electron chi connectivity index (χ2n) is 6.02. The summed E-state index contributed by atoms with van der Waals surface area (Å²) in [7, 11) is 1.45. The fourth-order valence-corrected chi connectivity index (χ4v) is 3.45. The minimum atomic E-state index is -2.92. The largest absolute Gasteiger partial charge is 0.747 e. The molecule has 4 rings (SSSR count). The molecule has 0 saturated carbocycles. The molecule has 0 spiro atoms. The smallest absolute Gasteiger partial charge is 0.493 e. The third kappa shape index (κ3) is 3.47. The molecule has 1 N–H and O–H groups in total. The van der Waals surface area contributed by atoms with E-state index in [1.165, 1.54) is 33.6 Å².